The molecule has 7 nitrogen and oxygen atoms in total. The maximum atomic E-state index is 12.5. The molecule has 3 rings (SSSR count). The van der Waals surface area contributed by atoms with E-state index in [4.69, 9.17) is 9.47 Å². The van der Waals surface area contributed by atoms with E-state index in [0.717, 1.165) is 21.5 Å². The van der Waals surface area contributed by atoms with Gasteiger partial charge >= 0.3 is 0 Å². The van der Waals surface area contributed by atoms with Crippen LogP contribution in [0.3, 0.4) is 0 Å². The van der Waals surface area contributed by atoms with Crippen molar-refractivity contribution < 1.29 is 14.3 Å². The van der Waals surface area contributed by atoms with Gasteiger partial charge in [-0.3, -0.25) is 9.59 Å². The Morgan fingerprint density at radius 1 is 1.03 bits per heavy atom. The first-order valence-corrected chi connectivity index (χ1v) is 9.09. The third kappa shape index (κ3) is 4.63. The zero-order valence-electron chi connectivity index (χ0n) is 16.9. The van der Waals surface area contributed by atoms with Gasteiger partial charge in [0.25, 0.3) is 5.56 Å². The molecule has 0 saturated carbocycles. The molecule has 150 valence electrons. The Morgan fingerprint density at radius 2 is 1.83 bits per heavy atom. The lowest BCUT2D eigenvalue weighted by Gasteiger charge is -2.12. The van der Waals surface area contributed by atoms with E-state index in [2.05, 4.69) is 10.4 Å². The van der Waals surface area contributed by atoms with Crippen LogP contribution in [0.5, 0.6) is 11.5 Å². The number of methoxy groups -OCH3 is 2. The van der Waals surface area contributed by atoms with Gasteiger partial charge in [0.05, 0.1) is 19.9 Å². The summed E-state index contributed by atoms with van der Waals surface area (Å²) in [6.07, 6.45) is 0. The Kier molecular flexibility index (Phi) is 5.97. The molecule has 2 aromatic carbocycles. The van der Waals surface area contributed by atoms with Crippen molar-refractivity contribution in [3.63, 3.8) is 0 Å². The fourth-order valence-electron chi connectivity index (χ4n) is 2.91. The highest BCUT2D eigenvalue weighted by atomic mass is 16.5. The molecule has 0 bridgehead atoms. The number of hydrogen-bond donors (Lipinski definition) is 1. The van der Waals surface area contributed by atoms with E-state index in [1.54, 1.807) is 38.5 Å². The Morgan fingerprint density at radius 3 is 2.55 bits per heavy atom. The summed E-state index contributed by atoms with van der Waals surface area (Å²) in [6, 6.07) is 14.1. The number of aryl methyl sites for hydroxylation is 2. The van der Waals surface area contributed by atoms with E-state index in [1.807, 2.05) is 32.0 Å². The number of amides is 1. The maximum absolute atomic E-state index is 12.5. The van der Waals surface area contributed by atoms with Crippen molar-refractivity contribution in [3.05, 3.63) is 70.0 Å². The van der Waals surface area contributed by atoms with Crippen molar-refractivity contribution in [2.24, 2.45) is 0 Å². The summed E-state index contributed by atoms with van der Waals surface area (Å²) in [5.41, 5.74) is 3.55. The monoisotopic (exact) mass is 393 g/mol. The molecule has 0 aliphatic rings. The largest absolute Gasteiger partial charge is 0.497 e. The molecule has 0 aliphatic carbocycles. The first-order valence-electron chi connectivity index (χ1n) is 9.09. The van der Waals surface area contributed by atoms with Crippen LogP contribution in [0.1, 0.15) is 11.1 Å². The molecule has 1 aromatic heterocycles. The summed E-state index contributed by atoms with van der Waals surface area (Å²) in [6.45, 7) is 3.67. The standard InChI is InChI=1S/C22H23N3O4/c1-14-5-6-15(2)19(11-14)23-21(26)13-25-22(27)10-9-18(24-25)17-8-7-16(28-3)12-20(17)29-4/h5-12H,13H2,1-4H3,(H,23,26). The van der Waals surface area contributed by atoms with Crippen molar-refractivity contribution >= 4 is 11.6 Å². The van der Waals surface area contributed by atoms with Crippen LogP contribution in [0, 0.1) is 13.8 Å². The average molecular weight is 393 g/mol. The van der Waals surface area contributed by atoms with Gasteiger partial charge in [-0.15, -0.1) is 0 Å². The minimum absolute atomic E-state index is 0.196. The fraction of sp³-hybridized carbons (Fsp3) is 0.227. The van der Waals surface area contributed by atoms with Crippen LogP contribution >= 0.6 is 0 Å². The predicted octanol–water partition coefficient (Wildman–Crippen LogP) is 3.18. The van der Waals surface area contributed by atoms with Gasteiger partial charge in [0, 0.05) is 23.4 Å². The van der Waals surface area contributed by atoms with Crippen LogP contribution in [0.25, 0.3) is 11.3 Å². The summed E-state index contributed by atoms with van der Waals surface area (Å²) in [4.78, 5) is 24.7. The van der Waals surface area contributed by atoms with Crippen LogP contribution < -0.4 is 20.3 Å². The molecule has 1 heterocycles. The number of carbonyl (C=O) groups excluding carboxylic acids is 1. The highest BCUT2D eigenvalue weighted by Gasteiger charge is 2.13. The quantitative estimate of drug-likeness (QED) is 0.696. The van der Waals surface area contributed by atoms with Gasteiger partial charge in [0.1, 0.15) is 18.0 Å². The summed E-state index contributed by atoms with van der Waals surface area (Å²) in [7, 11) is 3.12. The second kappa shape index (κ2) is 8.60. The van der Waals surface area contributed by atoms with E-state index in [9.17, 15) is 9.59 Å². The maximum Gasteiger partial charge on any atom is 0.267 e. The van der Waals surface area contributed by atoms with Gasteiger partial charge in [0.2, 0.25) is 5.91 Å². The Bertz CT molecular complexity index is 1110. The average Bonchev–Trinajstić information content (AvgIpc) is 2.72. The van der Waals surface area contributed by atoms with E-state index in [1.165, 1.54) is 6.07 Å². The van der Waals surface area contributed by atoms with Crippen LogP contribution in [0.4, 0.5) is 5.69 Å². The number of ether oxygens (including phenoxy) is 2. The molecule has 0 atom stereocenters. The topological polar surface area (TPSA) is 82.5 Å². The summed E-state index contributed by atoms with van der Waals surface area (Å²) < 4.78 is 11.8. The van der Waals surface area contributed by atoms with E-state index < -0.39 is 0 Å². The van der Waals surface area contributed by atoms with Crippen molar-refractivity contribution in [1.82, 2.24) is 9.78 Å². The molecule has 0 saturated heterocycles. The number of hydrogen-bond acceptors (Lipinski definition) is 5. The number of nitrogens with one attached hydrogen (secondary N) is 1. The van der Waals surface area contributed by atoms with Crippen molar-refractivity contribution in [2.75, 3.05) is 19.5 Å². The molecule has 0 radical (unpaired) electrons. The zero-order valence-corrected chi connectivity index (χ0v) is 16.9. The molecular weight excluding hydrogens is 370 g/mol. The number of anilines is 1. The number of rotatable bonds is 6. The molecule has 0 fully saturated rings. The van der Waals surface area contributed by atoms with E-state index in [0.29, 0.717) is 22.8 Å². The number of aromatic nitrogens is 2. The Hall–Kier alpha value is -3.61. The zero-order chi connectivity index (χ0) is 21.0. The normalized spacial score (nSPS) is 10.5. The van der Waals surface area contributed by atoms with Gasteiger partial charge < -0.3 is 14.8 Å². The van der Waals surface area contributed by atoms with Crippen molar-refractivity contribution in [3.8, 4) is 22.8 Å². The summed E-state index contributed by atoms with van der Waals surface area (Å²) in [5, 5.41) is 7.19. The second-order valence-corrected chi connectivity index (χ2v) is 6.65. The lowest BCUT2D eigenvalue weighted by atomic mass is 10.1. The highest BCUT2D eigenvalue weighted by Crippen LogP contribution is 2.31. The molecule has 7 heteroatoms. The highest BCUT2D eigenvalue weighted by molar-refractivity contribution is 5.91. The minimum atomic E-state index is -0.364. The number of nitrogens with zero attached hydrogens (tertiary/aromatic N) is 2. The molecule has 1 amide bonds. The first kappa shape index (κ1) is 20.1. The second-order valence-electron chi connectivity index (χ2n) is 6.65. The van der Waals surface area contributed by atoms with E-state index in [-0.39, 0.29) is 18.0 Å². The van der Waals surface area contributed by atoms with Gasteiger partial charge in [-0.1, -0.05) is 12.1 Å². The number of benzene rings is 2. The van der Waals surface area contributed by atoms with Gasteiger partial charge in [-0.05, 0) is 49.2 Å². The van der Waals surface area contributed by atoms with Gasteiger partial charge in [-0.2, -0.15) is 5.10 Å². The van der Waals surface area contributed by atoms with Gasteiger partial charge in [0.15, 0.2) is 0 Å². The Balaban J connectivity index is 1.87. The van der Waals surface area contributed by atoms with Crippen molar-refractivity contribution in [1.29, 1.82) is 0 Å². The summed E-state index contributed by atoms with van der Waals surface area (Å²) in [5.74, 6) is 0.876. The van der Waals surface area contributed by atoms with Crippen LogP contribution in [-0.4, -0.2) is 29.9 Å². The third-order valence-corrected chi connectivity index (χ3v) is 4.51. The van der Waals surface area contributed by atoms with Crippen LogP contribution in [-0.2, 0) is 11.3 Å². The van der Waals surface area contributed by atoms with Crippen molar-refractivity contribution in [2.45, 2.75) is 20.4 Å². The van der Waals surface area contributed by atoms with Gasteiger partial charge in [-0.25, -0.2) is 4.68 Å². The predicted molar refractivity (Wildman–Crippen MR) is 112 cm³/mol. The molecule has 29 heavy (non-hydrogen) atoms. The third-order valence-electron chi connectivity index (χ3n) is 4.51. The molecule has 0 spiro atoms. The molecule has 1 N–H and O–H groups in total. The molecule has 0 aliphatic heterocycles. The summed E-state index contributed by atoms with van der Waals surface area (Å²) >= 11 is 0. The minimum Gasteiger partial charge on any atom is -0.497 e. The SMILES string of the molecule is COc1ccc(-c2ccc(=O)n(CC(=O)Nc3cc(C)ccc3C)n2)c(OC)c1. The Labute approximate surface area is 168 Å². The lowest BCUT2D eigenvalue weighted by Crippen LogP contribution is -2.29. The van der Waals surface area contributed by atoms with E-state index >= 15 is 0 Å². The lowest BCUT2D eigenvalue weighted by molar-refractivity contribution is -0.117. The fourth-order valence-corrected chi connectivity index (χ4v) is 2.91. The van der Waals surface area contributed by atoms with Crippen LogP contribution in [0.15, 0.2) is 53.3 Å². The molecule has 0 unspecified atom stereocenters. The molecular formula is C22H23N3O4. The van der Waals surface area contributed by atoms with Crippen LogP contribution in [0.2, 0.25) is 0 Å². The number of carbonyl (C=O) groups is 1. The first-order chi connectivity index (χ1) is 13.9. The molecule has 3 aromatic rings. The smallest absolute Gasteiger partial charge is 0.267 e.